The van der Waals surface area contributed by atoms with E-state index in [9.17, 15) is 4.79 Å². The van der Waals surface area contributed by atoms with Gasteiger partial charge in [-0.15, -0.1) is 6.58 Å². The van der Waals surface area contributed by atoms with Crippen LogP contribution in [0.5, 0.6) is 0 Å². The van der Waals surface area contributed by atoms with Crippen LogP contribution in [-0.2, 0) is 0 Å². The predicted octanol–water partition coefficient (Wildman–Crippen LogP) is 1.64. The third kappa shape index (κ3) is 2.92. The number of likely N-dealkylation sites (N-methyl/N-ethyl adjacent to an activating group) is 1. The van der Waals surface area contributed by atoms with Crippen LogP contribution in [0.2, 0.25) is 0 Å². The molecule has 3 N–H and O–H groups in total. The fourth-order valence-electron chi connectivity index (χ4n) is 1.46. The van der Waals surface area contributed by atoms with Gasteiger partial charge in [-0.2, -0.15) is 0 Å². The zero-order chi connectivity index (χ0) is 12.0. The molecule has 0 unspecified atom stereocenters. The molecule has 1 rings (SSSR count). The van der Waals surface area contributed by atoms with Crippen molar-refractivity contribution in [3.63, 3.8) is 0 Å². The molecule has 0 aliphatic rings. The maximum absolute atomic E-state index is 11.1. The molecule has 0 heterocycles. The van der Waals surface area contributed by atoms with Crippen molar-refractivity contribution in [2.45, 2.75) is 13.0 Å². The Labute approximate surface area is 94.9 Å². The van der Waals surface area contributed by atoms with Gasteiger partial charge < -0.3 is 5.32 Å². The average Bonchev–Trinajstić information content (AvgIpc) is 2.35. The van der Waals surface area contributed by atoms with E-state index in [1.807, 2.05) is 25.1 Å². The first kappa shape index (κ1) is 12.4. The van der Waals surface area contributed by atoms with Crippen LogP contribution in [0.4, 0.5) is 0 Å². The van der Waals surface area contributed by atoms with Gasteiger partial charge in [0.15, 0.2) is 0 Å². The Kier molecular flexibility index (Phi) is 4.69. The van der Waals surface area contributed by atoms with E-state index in [0.717, 1.165) is 12.1 Å². The number of hydroxylamine groups is 1. The molecule has 0 saturated carbocycles. The Morgan fingerprint density at radius 3 is 2.56 bits per heavy atom. The van der Waals surface area contributed by atoms with Gasteiger partial charge in [-0.25, -0.2) is 5.48 Å². The molecule has 0 aromatic heterocycles. The highest BCUT2D eigenvalue weighted by Gasteiger charge is 2.07. The van der Waals surface area contributed by atoms with Crippen molar-refractivity contribution in [2.24, 2.45) is 0 Å². The van der Waals surface area contributed by atoms with Gasteiger partial charge in [-0.05, 0) is 24.2 Å². The van der Waals surface area contributed by atoms with Crippen LogP contribution in [0, 0.1) is 0 Å². The fourth-order valence-corrected chi connectivity index (χ4v) is 1.46. The standard InChI is InChI=1S/C12H16N2O2/c1-3-11(13-4-2)9-5-7-10(8-6-9)12(15)14-16/h3,5-8,11,13,16H,1,4H2,2H3,(H,14,15)/t11-/m1/s1. The van der Waals surface area contributed by atoms with Crippen molar-refractivity contribution >= 4 is 5.91 Å². The van der Waals surface area contributed by atoms with Crippen molar-refractivity contribution in [1.82, 2.24) is 10.8 Å². The van der Waals surface area contributed by atoms with E-state index in [-0.39, 0.29) is 6.04 Å². The molecule has 86 valence electrons. The average molecular weight is 220 g/mol. The van der Waals surface area contributed by atoms with Crippen LogP contribution in [0.15, 0.2) is 36.9 Å². The van der Waals surface area contributed by atoms with Gasteiger partial charge in [0.25, 0.3) is 5.91 Å². The van der Waals surface area contributed by atoms with E-state index in [0.29, 0.717) is 5.56 Å². The summed E-state index contributed by atoms with van der Waals surface area (Å²) < 4.78 is 0. The summed E-state index contributed by atoms with van der Waals surface area (Å²) in [7, 11) is 0. The lowest BCUT2D eigenvalue weighted by Crippen LogP contribution is -2.20. The van der Waals surface area contributed by atoms with Crippen molar-refractivity contribution in [2.75, 3.05) is 6.54 Å². The second-order valence-corrected chi connectivity index (χ2v) is 3.33. The topological polar surface area (TPSA) is 61.4 Å². The Hall–Kier alpha value is -1.65. The molecule has 1 aromatic carbocycles. The monoisotopic (exact) mass is 220 g/mol. The van der Waals surface area contributed by atoms with Gasteiger partial charge in [0.05, 0.1) is 6.04 Å². The number of carbonyl (C=O) groups is 1. The molecule has 0 radical (unpaired) electrons. The largest absolute Gasteiger partial charge is 0.307 e. The molecule has 1 atom stereocenters. The lowest BCUT2D eigenvalue weighted by molar-refractivity contribution is 0.0706. The minimum atomic E-state index is -0.509. The van der Waals surface area contributed by atoms with Crippen molar-refractivity contribution < 1.29 is 10.0 Å². The zero-order valence-electron chi connectivity index (χ0n) is 9.23. The van der Waals surface area contributed by atoms with Gasteiger partial charge in [-0.3, -0.25) is 10.0 Å². The third-order valence-corrected chi connectivity index (χ3v) is 2.29. The highest BCUT2D eigenvalue weighted by Crippen LogP contribution is 2.14. The summed E-state index contributed by atoms with van der Waals surface area (Å²) in [4.78, 5) is 11.1. The predicted molar refractivity (Wildman–Crippen MR) is 62.3 cm³/mol. The van der Waals surface area contributed by atoms with E-state index in [1.54, 1.807) is 17.6 Å². The highest BCUT2D eigenvalue weighted by molar-refractivity contribution is 5.93. The van der Waals surface area contributed by atoms with Gasteiger partial charge in [-0.1, -0.05) is 25.1 Å². The van der Waals surface area contributed by atoms with E-state index in [2.05, 4.69) is 11.9 Å². The summed E-state index contributed by atoms with van der Waals surface area (Å²) in [6.45, 7) is 6.61. The second-order valence-electron chi connectivity index (χ2n) is 3.33. The summed E-state index contributed by atoms with van der Waals surface area (Å²) in [5, 5.41) is 11.7. The summed E-state index contributed by atoms with van der Waals surface area (Å²) in [6, 6.07) is 7.07. The van der Waals surface area contributed by atoms with Crippen LogP contribution in [0.1, 0.15) is 28.9 Å². The molecular weight excluding hydrogens is 204 g/mol. The zero-order valence-corrected chi connectivity index (χ0v) is 9.23. The molecule has 0 saturated heterocycles. The summed E-state index contributed by atoms with van der Waals surface area (Å²) in [5.74, 6) is -0.509. The Morgan fingerprint density at radius 1 is 1.50 bits per heavy atom. The number of rotatable bonds is 5. The molecule has 0 bridgehead atoms. The molecule has 16 heavy (non-hydrogen) atoms. The summed E-state index contributed by atoms with van der Waals surface area (Å²) in [6.07, 6.45) is 1.81. The highest BCUT2D eigenvalue weighted by atomic mass is 16.5. The van der Waals surface area contributed by atoms with E-state index in [1.165, 1.54) is 0 Å². The maximum Gasteiger partial charge on any atom is 0.274 e. The van der Waals surface area contributed by atoms with Crippen LogP contribution in [0.3, 0.4) is 0 Å². The minimum absolute atomic E-state index is 0.0798. The molecule has 1 amide bonds. The lowest BCUT2D eigenvalue weighted by Gasteiger charge is -2.13. The number of nitrogens with one attached hydrogen (secondary N) is 2. The Balaban J connectivity index is 2.84. The second kappa shape index (κ2) is 6.05. The number of amides is 1. The molecule has 0 aliphatic heterocycles. The Morgan fingerprint density at radius 2 is 2.12 bits per heavy atom. The van der Waals surface area contributed by atoms with E-state index >= 15 is 0 Å². The van der Waals surface area contributed by atoms with Gasteiger partial charge in [0.2, 0.25) is 0 Å². The van der Waals surface area contributed by atoms with Gasteiger partial charge >= 0.3 is 0 Å². The van der Waals surface area contributed by atoms with Gasteiger partial charge in [0, 0.05) is 5.56 Å². The first-order chi connectivity index (χ1) is 7.72. The summed E-state index contributed by atoms with van der Waals surface area (Å²) in [5.41, 5.74) is 3.05. The third-order valence-electron chi connectivity index (χ3n) is 2.29. The molecule has 0 spiro atoms. The maximum atomic E-state index is 11.1. The van der Waals surface area contributed by atoms with Crippen molar-refractivity contribution in [1.29, 1.82) is 0 Å². The molecule has 4 nitrogen and oxygen atoms in total. The number of hydrogen-bond donors (Lipinski definition) is 3. The number of benzene rings is 1. The quantitative estimate of drug-likeness (QED) is 0.401. The first-order valence-corrected chi connectivity index (χ1v) is 5.13. The smallest absolute Gasteiger partial charge is 0.274 e. The number of hydrogen-bond acceptors (Lipinski definition) is 3. The minimum Gasteiger partial charge on any atom is -0.307 e. The molecule has 0 fully saturated rings. The van der Waals surface area contributed by atoms with Crippen LogP contribution in [0.25, 0.3) is 0 Å². The molecule has 4 heteroatoms. The molecule has 0 aliphatic carbocycles. The molecular formula is C12H16N2O2. The summed E-state index contributed by atoms with van der Waals surface area (Å²) >= 11 is 0. The van der Waals surface area contributed by atoms with Crippen LogP contribution >= 0.6 is 0 Å². The Bertz CT molecular complexity index is 360. The van der Waals surface area contributed by atoms with Crippen molar-refractivity contribution in [3.05, 3.63) is 48.0 Å². The van der Waals surface area contributed by atoms with Gasteiger partial charge in [0.1, 0.15) is 0 Å². The normalized spacial score (nSPS) is 11.9. The van der Waals surface area contributed by atoms with E-state index < -0.39 is 5.91 Å². The van der Waals surface area contributed by atoms with Crippen molar-refractivity contribution in [3.8, 4) is 0 Å². The molecule has 1 aromatic rings. The first-order valence-electron chi connectivity index (χ1n) is 5.13. The lowest BCUT2D eigenvalue weighted by atomic mass is 10.0. The van der Waals surface area contributed by atoms with E-state index in [4.69, 9.17) is 5.21 Å². The SMILES string of the molecule is C=C[C@@H](NCC)c1ccc(C(=O)NO)cc1. The number of carbonyl (C=O) groups excluding carboxylic acids is 1. The van der Waals surface area contributed by atoms with Crippen LogP contribution in [-0.4, -0.2) is 17.7 Å². The fraction of sp³-hybridized carbons (Fsp3) is 0.250. The van der Waals surface area contributed by atoms with Crippen LogP contribution < -0.4 is 10.8 Å².